The molecule has 0 aromatic heterocycles. The first-order valence-corrected chi connectivity index (χ1v) is 12.5. The van der Waals surface area contributed by atoms with Gasteiger partial charge in [0.1, 0.15) is 0 Å². The molecule has 0 heterocycles. The van der Waals surface area contributed by atoms with Gasteiger partial charge in [0, 0.05) is 11.1 Å². The van der Waals surface area contributed by atoms with E-state index in [0.29, 0.717) is 5.56 Å². The first-order chi connectivity index (χ1) is 14.6. The van der Waals surface area contributed by atoms with Crippen molar-refractivity contribution in [2.24, 2.45) is 0 Å². The zero-order valence-corrected chi connectivity index (χ0v) is 19.8. The van der Waals surface area contributed by atoms with Crippen molar-refractivity contribution in [2.45, 2.75) is 90.6 Å². The number of ketones is 1. The Balaban J connectivity index is 1.97. The molecule has 30 heavy (non-hydrogen) atoms. The van der Waals surface area contributed by atoms with E-state index in [9.17, 15) is 9.36 Å². The van der Waals surface area contributed by atoms with Crippen molar-refractivity contribution in [3.63, 3.8) is 0 Å². The van der Waals surface area contributed by atoms with E-state index in [1.165, 1.54) is 51.4 Å². The molecule has 0 aliphatic carbocycles. The fourth-order valence-corrected chi connectivity index (χ4v) is 4.84. The van der Waals surface area contributed by atoms with Gasteiger partial charge < -0.3 is 0 Å². The van der Waals surface area contributed by atoms with Gasteiger partial charge in [-0.15, -0.1) is 0 Å². The van der Waals surface area contributed by atoms with Crippen LogP contribution < -0.4 is 0 Å². The lowest BCUT2D eigenvalue weighted by atomic mass is 9.90. The normalized spacial score (nSPS) is 12.2. The molecule has 3 heteroatoms. The Hall–Kier alpha value is -1.79. The van der Waals surface area contributed by atoms with Gasteiger partial charge in [-0.3, -0.25) is 9.36 Å². The Morgan fingerprint density at radius 1 is 0.800 bits per heavy atom. The SMILES string of the molecule is CCCCCCCCCCCC(P=O)c1ccccc1C(=O)c1c(C)cccc1C. The van der Waals surface area contributed by atoms with E-state index in [1.807, 2.05) is 56.3 Å². The second kappa shape index (κ2) is 13.5. The molecule has 0 aliphatic rings. The summed E-state index contributed by atoms with van der Waals surface area (Å²) in [7, 11) is 0.105. The van der Waals surface area contributed by atoms with Crippen molar-refractivity contribution in [3.8, 4) is 0 Å². The Morgan fingerprint density at radius 2 is 1.37 bits per heavy atom. The van der Waals surface area contributed by atoms with Crippen LogP contribution in [0, 0.1) is 13.8 Å². The molecule has 2 nitrogen and oxygen atoms in total. The highest BCUT2D eigenvalue weighted by Gasteiger charge is 2.22. The van der Waals surface area contributed by atoms with Gasteiger partial charge in [0.25, 0.3) is 0 Å². The number of rotatable bonds is 14. The third kappa shape index (κ3) is 7.17. The van der Waals surface area contributed by atoms with Gasteiger partial charge in [-0.1, -0.05) is 107 Å². The second-order valence-electron chi connectivity index (χ2n) is 8.42. The fraction of sp³-hybridized carbons (Fsp3) is 0.519. The largest absolute Gasteiger partial charge is 0.289 e. The zero-order valence-electron chi connectivity index (χ0n) is 19.0. The number of hydrogen-bond donors (Lipinski definition) is 0. The van der Waals surface area contributed by atoms with Gasteiger partial charge in [-0.05, 0) is 37.0 Å². The van der Waals surface area contributed by atoms with Gasteiger partial charge in [0.2, 0.25) is 0 Å². The van der Waals surface area contributed by atoms with Crippen LogP contribution >= 0.6 is 8.46 Å². The highest BCUT2D eigenvalue weighted by molar-refractivity contribution is 7.24. The van der Waals surface area contributed by atoms with E-state index in [-0.39, 0.29) is 19.9 Å². The van der Waals surface area contributed by atoms with Crippen LogP contribution in [0.2, 0.25) is 0 Å². The summed E-state index contributed by atoms with van der Waals surface area (Å²) in [5.41, 5.74) is 4.25. The van der Waals surface area contributed by atoms with Crippen LogP contribution in [-0.2, 0) is 4.57 Å². The molecule has 0 amide bonds. The summed E-state index contributed by atoms with van der Waals surface area (Å²) >= 11 is 0. The molecule has 0 spiro atoms. The number of carbonyl (C=O) groups is 1. The molecule has 0 bridgehead atoms. The Kier molecular flexibility index (Phi) is 11.0. The van der Waals surface area contributed by atoms with Crippen molar-refractivity contribution < 1.29 is 9.36 Å². The molecule has 0 N–H and O–H groups in total. The van der Waals surface area contributed by atoms with Gasteiger partial charge in [-0.2, -0.15) is 0 Å². The number of hydrogen-bond acceptors (Lipinski definition) is 2. The van der Waals surface area contributed by atoms with E-state index < -0.39 is 0 Å². The third-order valence-corrected chi connectivity index (χ3v) is 6.77. The molecule has 2 aromatic rings. The second-order valence-corrected chi connectivity index (χ2v) is 9.26. The summed E-state index contributed by atoms with van der Waals surface area (Å²) in [4.78, 5) is 13.3. The highest BCUT2D eigenvalue weighted by Crippen LogP contribution is 2.36. The van der Waals surface area contributed by atoms with E-state index in [4.69, 9.17) is 0 Å². The summed E-state index contributed by atoms with van der Waals surface area (Å²) in [6.07, 6.45) is 12.3. The lowest BCUT2D eigenvalue weighted by Gasteiger charge is -2.16. The van der Waals surface area contributed by atoms with Crippen LogP contribution in [0.1, 0.15) is 109 Å². The van der Waals surface area contributed by atoms with Crippen LogP contribution in [0.4, 0.5) is 0 Å². The van der Waals surface area contributed by atoms with Crippen molar-refractivity contribution >= 4 is 14.2 Å². The average molecular weight is 425 g/mol. The van der Waals surface area contributed by atoms with Gasteiger partial charge >= 0.3 is 0 Å². The van der Waals surface area contributed by atoms with Crippen molar-refractivity contribution in [2.75, 3.05) is 0 Å². The molecule has 0 aliphatic heterocycles. The lowest BCUT2D eigenvalue weighted by molar-refractivity contribution is 0.103. The van der Waals surface area contributed by atoms with Crippen molar-refractivity contribution in [1.29, 1.82) is 0 Å². The number of benzene rings is 2. The van der Waals surface area contributed by atoms with Gasteiger partial charge in [0.05, 0.1) is 5.66 Å². The standard InChI is InChI=1S/C27H37O2P/c1-4-5-6-7-8-9-10-11-12-20-25(30-29)23-18-13-14-19-24(23)27(28)26-21(2)16-15-17-22(26)3/h13-19,25H,4-12,20H2,1-3H3. The number of unbranched alkanes of at least 4 members (excludes halogenated alkanes) is 8. The molecular weight excluding hydrogens is 387 g/mol. The molecule has 0 saturated heterocycles. The van der Waals surface area contributed by atoms with Crippen molar-refractivity contribution in [1.82, 2.24) is 0 Å². The van der Waals surface area contributed by atoms with Crippen LogP contribution in [0.25, 0.3) is 0 Å². The molecule has 162 valence electrons. The van der Waals surface area contributed by atoms with Crippen LogP contribution in [-0.4, -0.2) is 5.78 Å². The highest BCUT2D eigenvalue weighted by atomic mass is 31.1. The lowest BCUT2D eigenvalue weighted by Crippen LogP contribution is -2.10. The molecule has 1 atom stereocenters. The van der Waals surface area contributed by atoms with Crippen LogP contribution in [0.5, 0.6) is 0 Å². The fourth-order valence-electron chi connectivity index (χ4n) is 4.21. The van der Waals surface area contributed by atoms with E-state index in [0.717, 1.165) is 35.1 Å². The van der Waals surface area contributed by atoms with E-state index in [1.54, 1.807) is 0 Å². The van der Waals surface area contributed by atoms with Crippen LogP contribution in [0.3, 0.4) is 0 Å². The average Bonchev–Trinajstić information content (AvgIpc) is 2.75. The maximum Gasteiger partial charge on any atom is 0.193 e. The summed E-state index contributed by atoms with van der Waals surface area (Å²) in [6, 6.07) is 13.7. The van der Waals surface area contributed by atoms with E-state index in [2.05, 4.69) is 6.92 Å². The summed E-state index contributed by atoms with van der Waals surface area (Å²) in [5.74, 6) is 0.0435. The molecule has 0 radical (unpaired) electrons. The predicted octanol–water partition coefficient (Wildman–Crippen LogP) is 8.79. The number of aryl methyl sites for hydroxylation is 2. The maximum absolute atomic E-state index is 13.3. The predicted molar refractivity (Wildman–Crippen MR) is 128 cm³/mol. The summed E-state index contributed by atoms with van der Waals surface area (Å²) in [5, 5.41) is 0. The first-order valence-electron chi connectivity index (χ1n) is 11.6. The Bertz CT molecular complexity index is 792. The molecular formula is C27H37O2P. The smallest absolute Gasteiger partial charge is 0.193 e. The minimum atomic E-state index is -0.112. The van der Waals surface area contributed by atoms with E-state index >= 15 is 0 Å². The molecule has 2 aromatic carbocycles. The molecule has 0 fully saturated rings. The molecule has 2 rings (SSSR count). The minimum absolute atomic E-state index is 0.0435. The first kappa shape index (κ1) is 24.5. The zero-order chi connectivity index (χ0) is 21.8. The molecule has 1 unspecified atom stereocenters. The maximum atomic E-state index is 13.3. The van der Waals surface area contributed by atoms with Crippen LogP contribution in [0.15, 0.2) is 42.5 Å². The molecule has 0 saturated carbocycles. The van der Waals surface area contributed by atoms with Gasteiger partial charge in [0.15, 0.2) is 14.2 Å². The van der Waals surface area contributed by atoms with Crippen molar-refractivity contribution in [3.05, 3.63) is 70.3 Å². The quantitative estimate of drug-likeness (QED) is 0.172. The summed E-state index contributed by atoms with van der Waals surface area (Å²) in [6.45, 7) is 6.21. The third-order valence-electron chi connectivity index (χ3n) is 5.98. The monoisotopic (exact) mass is 424 g/mol. The minimum Gasteiger partial charge on any atom is -0.289 e. The Morgan fingerprint density at radius 3 is 1.97 bits per heavy atom. The summed E-state index contributed by atoms with van der Waals surface area (Å²) < 4.78 is 12.0. The van der Waals surface area contributed by atoms with Gasteiger partial charge in [-0.25, -0.2) is 0 Å². The number of carbonyl (C=O) groups excluding carboxylic acids is 1. The Labute approximate surface area is 184 Å². The topological polar surface area (TPSA) is 34.1 Å².